The average Bonchev–Trinajstić information content (AvgIpc) is 2.83. The summed E-state index contributed by atoms with van der Waals surface area (Å²) in [6, 6.07) is 10.7. The van der Waals surface area contributed by atoms with E-state index in [1.165, 1.54) is 6.07 Å². The van der Waals surface area contributed by atoms with Gasteiger partial charge in [-0.1, -0.05) is 23.7 Å². The molecule has 0 saturated heterocycles. The Balaban J connectivity index is 2.22. The lowest BCUT2D eigenvalue weighted by Gasteiger charge is -2.05. The van der Waals surface area contributed by atoms with E-state index in [0.717, 1.165) is 11.0 Å². The predicted molar refractivity (Wildman–Crippen MR) is 70.8 cm³/mol. The molecule has 3 rings (SSSR count). The minimum atomic E-state index is -1.16. The lowest BCUT2D eigenvalue weighted by Crippen LogP contribution is -2.05. The highest BCUT2D eigenvalue weighted by molar-refractivity contribution is 6.33. The van der Waals surface area contributed by atoms with Crippen LogP contribution >= 0.6 is 11.6 Å². The Labute approximate surface area is 113 Å². The van der Waals surface area contributed by atoms with Crippen LogP contribution in [-0.2, 0) is 0 Å². The van der Waals surface area contributed by atoms with Crippen molar-refractivity contribution in [2.75, 3.05) is 0 Å². The number of hydrogen-bond acceptors (Lipinski definition) is 3. The van der Waals surface area contributed by atoms with Crippen molar-refractivity contribution >= 4 is 28.6 Å². The Morgan fingerprint density at radius 3 is 2.79 bits per heavy atom. The molecule has 0 bridgehead atoms. The number of carbonyl (C=O) groups is 1. The fourth-order valence-corrected chi connectivity index (χ4v) is 2.04. The molecule has 0 fully saturated rings. The smallest absolute Gasteiger partial charge is 0.356 e. The maximum atomic E-state index is 11.0. The Kier molecular flexibility index (Phi) is 2.68. The second kappa shape index (κ2) is 4.37. The van der Waals surface area contributed by atoms with Crippen molar-refractivity contribution in [3.63, 3.8) is 0 Å². The largest absolute Gasteiger partial charge is 0.476 e. The topological polar surface area (TPSA) is 68.0 Å². The first kappa shape index (κ1) is 11.7. The lowest BCUT2D eigenvalue weighted by atomic mass is 10.3. The maximum absolute atomic E-state index is 11.0. The van der Waals surface area contributed by atoms with Gasteiger partial charge in [0.15, 0.2) is 5.69 Å². The summed E-state index contributed by atoms with van der Waals surface area (Å²) < 4.78 is 1.72. The number of aromatic nitrogens is 3. The molecule has 0 aliphatic heterocycles. The summed E-state index contributed by atoms with van der Waals surface area (Å²) in [6.45, 7) is 0. The minimum absolute atomic E-state index is 0.112. The van der Waals surface area contributed by atoms with Crippen LogP contribution in [0.15, 0.2) is 42.7 Å². The highest BCUT2D eigenvalue weighted by atomic mass is 35.5. The first-order chi connectivity index (χ1) is 9.16. The molecular weight excluding hydrogens is 266 g/mol. The van der Waals surface area contributed by atoms with E-state index >= 15 is 0 Å². The Morgan fingerprint density at radius 1 is 1.21 bits per heavy atom. The Bertz CT molecular complexity index is 782. The second-order valence-corrected chi connectivity index (χ2v) is 4.32. The standard InChI is InChI=1S/C13H8ClN3O2/c14-8-5-6-11(16-12(8)13(18)19)17-7-15-9-3-1-2-4-10(9)17/h1-7H,(H,18,19). The molecule has 1 aromatic carbocycles. The number of benzene rings is 1. The average molecular weight is 274 g/mol. The van der Waals surface area contributed by atoms with Crippen molar-refractivity contribution in [1.82, 2.24) is 14.5 Å². The van der Waals surface area contributed by atoms with Gasteiger partial charge in [-0.05, 0) is 24.3 Å². The highest BCUT2D eigenvalue weighted by Crippen LogP contribution is 2.20. The van der Waals surface area contributed by atoms with Crippen molar-refractivity contribution in [2.24, 2.45) is 0 Å². The number of pyridine rings is 1. The van der Waals surface area contributed by atoms with Crippen LogP contribution in [0.2, 0.25) is 5.02 Å². The third kappa shape index (κ3) is 1.94. The van der Waals surface area contributed by atoms with Gasteiger partial charge in [0.2, 0.25) is 0 Å². The van der Waals surface area contributed by atoms with Crippen LogP contribution in [0.25, 0.3) is 16.9 Å². The number of hydrogen-bond donors (Lipinski definition) is 1. The van der Waals surface area contributed by atoms with E-state index in [-0.39, 0.29) is 10.7 Å². The van der Waals surface area contributed by atoms with Gasteiger partial charge in [0.25, 0.3) is 0 Å². The van der Waals surface area contributed by atoms with Crippen LogP contribution in [-0.4, -0.2) is 25.6 Å². The zero-order chi connectivity index (χ0) is 13.4. The van der Waals surface area contributed by atoms with Gasteiger partial charge in [-0.2, -0.15) is 0 Å². The SMILES string of the molecule is O=C(O)c1nc(-n2cnc3ccccc32)ccc1Cl. The zero-order valence-electron chi connectivity index (χ0n) is 9.62. The number of imidazole rings is 1. The van der Waals surface area contributed by atoms with Gasteiger partial charge in [-0.15, -0.1) is 0 Å². The summed E-state index contributed by atoms with van der Waals surface area (Å²) >= 11 is 5.80. The van der Waals surface area contributed by atoms with Crippen LogP contribution in [0.4, 0.5) is 0 Å². The number of para-hydroxylation sites is 2. The normalized spacial score (nSPS) is 10.8. The first-order valence-corrected chi connectivity index (χ1v) is 5.87. The number of carboxylic acids is 1. The van der Waals surface area contributed by atoms with Crippen molar-refractivity contribution in [3.8, 4) is 5.82 Å². The van der Waals surface area contributed by atoms with Crippen LogP contribution in [0, 0.1) is 0 Å². The molecule has 0 unspecified atom stereocenters. The molecule has 6 heteroatoms. The van der Waals surface area contributed by atoms with Gasteiger partial charge in [-0.25, -0.2) is 14.8 Å². The van der Waals surface area contributed by atoms with E-state index in [4.69, 9.17) is 16.7 Å². The van der Waals surface area contributed by atoms with E-state index in [2.05, 4.69) is 9.97 Å². The molecular formula is C13H8ClN3O2. The number of rotatable bonds is 2. The molecule has 1 N–H and O–H groups in total. The molecule has 2 aromatic heterocycles. The van der Waals surface area contributed by atoms with Gasteiger partial charge in [0.1, 0.15) is 12.1 Å². The van der Waals surface area contributed by atoms with E-state index in [1.54, 1.807) is 17.0 Å². The minimum Gasteiger partial charge on any atom is -0.476 e. The quantitative estimate of drug-likeness (QED) is 0.779. The maximum Gasteiger partial charge on any atom is 0.356 e. The summed E-state index contributed by atoms with van der Waals surface area (Å²) in [7, 11) is 0. The van der Waals surface area contributed by atoms with Gasteiger partial charge >= 0.3 is 5.97 Å². The molecule has 3 aromatic rings. The number of fused-ring (bicyclic) bond motifs is 1. The van der Waals surface area contributed by atoms with Crippen molar-refractivity contribution in [2.45, 2.75) is 0 Å². The number of aromatic carboxylic acids is 1. The third-order valence-electron chi connectivity index (χ3n) is 2.73. The van der Waals surface area contributed by atoms with E-state index in [0.29, 0.717) is 5.82 Å². The molecule has 19 heavy (non-hydrogen) atoms. The Morgan fingerprint density at radius 2 is 2.00 bits per heavy atom. The highest BCUT2D eigenvalue weighted by Gasteiger charge is 2.13. The van der Waals surface area contributed by atoms with Crippen molar-refractivity contribution in [3.05, 3.63) is 53.4 Å². The molecule has 0 saturated carbocycles. The predicted octanol–water partition coefficient (Wildman–Crippen LogP) is 2.77. The van der Waals surface area contributed by atoms with Gasteiger partial charge in [0.05, 0.1) is 16.1 Å². The van der Waals surface area contributed by atoms with Crippen molar-refractivity contribution in [1.29, 1.82) is 0 Å². The second-order valence-electron chi connectivity index (χ2n) is 3.91. The van der Waals surface area contributed by atoms with Gasteiger partial charge in [0, 0.05) is 0 Å². The monoisotopic (exact) mass is 273 g/mol. The molecule has 0 radical (unpaired) electrons. The van der Waals surface area contributed by atoms with E-state index in [1.807, 2.05) is 24.3 Å². The zero-order valence-corrected chi connectivity index (χ0v) is 10.4. The van der Waals surface area contributed by atoms with Crippen LogP contribution in [0.5, 0.6) is 0 Å². The van der Waals surface area contributed by atoms with Crippen LogP contribution < -0.4 is 0 Å². The molecule has 0 spiro atoms. The summed E-state index contributed by atoms with van der Waals surface area (Å²) in [5, 5.41) is 9.14. The third-order valence-corrected chi connectivity index (χ3v) is 3.04. The summed E-state index contributed by atoms with van der Waals surface area (Å²) in [6.07, 6.45) is 1.60. The molecule has 0 aliphatic rings. The fourth-order valence-electron chi connectivity index (χ4n) is 1.86. The molecule has 0 amide bonds. The van der Waals surface area contributed by atoms with Crippen LogP contribution in [0.3, 0.4) is 0 Å². The number of halogens is 1. The molecule has 0 atom stereocenters. The molecule has 5 nitrogen and oxygen atoms in total. The summed E-state index contributed by atoms with van der Waals surface area (Å²) in [4.78, 5) is 19.3. The van der Waals surface area contributed by atoms with Gasteiger partial charge < -0.3 is 5.11 Å². The fraction of sp³-hybridized carbons (Fsp3) is 0. The van der Waals surface area contributed by atoms with Crippen LogP contribution in [0.1, 0.15) is 10.5 Å². The van der Waals surface area contributed by atoms with E-state index < -0.39 is 5.97 Å². The Hall–Kier alpha value is -2.40. The van der Waals surface area contributed by atoms with E-state index in [9.17, 15) is 4.79 Å². The summed E-state index contributed by atoms with van der Waals surface area (Å²) in [5.74, 6) is -0.688. The first-order valence-electron chi connectivity index (χ1n) is 5.49. The molecule has 0 aliphatic carbocycles. The number of nitrogens with zero attached hydrogens (tertiary/aromatic N) is 3. The van der Waals surface area contributed by atoms with Crippen molar-refractivity contribution < 1.29 is 9.90 Å². The number of carboxylic acid groups (broad SMARTS) is 1. The van der Waals surface area contributed by atoms with Gasteiger partial charge in [-0.3, -0.25) is 4.57 Å². The lowest BCUT2D eigenvalue weighted by molar-refractivity contribution is 0.0690. The summed E-state index contributed by atoms with van der Waals surface area (Å²) in [5.41, 5.74) is 1.50. The molecule has 94 valence electrons. The molecule has 2 heterocycles.